The van der Waals surface area contributed by atoms with E-state index < -0.39 is 0 Å². The zero-order valence-electron chi connectivity index (χ0n) is 20.9. The minimum Gasteiger partial charge on any atom is -0.507 e. The average molecular weight is 448 g/mol. The second kappa shape index (κ2) is 10.3. The van der Waals surface area contributed by atoms with Crippen molar-refractivity contribution < 1.29 is 9.84 Å². The van der Waals surface area contributed by atoms with Crippen LogP contribution in [-0.2, 0) is 6.42 Å². The zero-order valence-corrected chi connectivity index (χ0v) is 20.9. The Labute approximate surface area is 200 Å². The number of fused-ring (bicyclic) bond motifs is 1. The van der Waals surface area contributed by atoms with Gasteiger partial charge in [0.05, 0.1) is 0 Å². The highest BCUT2D eigenvalue weighted by Crippen LogP contribution is 2.50. The average Bonchev–Trinajstić information content (AvgIpc) is 2.80. The highest BCUT2D eigenvalue weighted by molar-refractivity contribution is 5.54. The van der Waals surface area contributed by atoms with E-state index in [1.165, 1.54) is 29.5 Å². The number of rotatable bonds is 8. The van der Waals surface area contributed by atoms with Crippen LogP contribution in [0.2, 0.25) is 0 Å². The maximum Gasteiger partial charge on any atom is 0.127 e. The first-order chi connectivity index (χ1) is 15.9. The summed E-state index contributed by atoms with van der Waals surface area (Å²) >= 11 is 0. The van der Waals surface area contributed by atoms with Crippen molar-refractivity contribution in [2.75, 3.05) is 19.6 Å². The summed E-state index contributed by atoms with van der Waals surface area (Å²) in [6.07, 6.45) is 9.03. The van der Waals surface area contributed by atoms with E-state index in [0.717, 1.165) is 56.6 Å². The van der Waals surface area contributed by atoms with E-state index in [0.29, 0.717) is 11.7 Å². The van der Waals surface area contributed by atoms with Crippen LogP contribution in [0.5, 0.6) is 11.5 Å². The quantitative estimate of drug-likeness (QED) is 0.434. The Balaban J connectivity index is 1.51. The molecule has 3 nitrogen and oxygen atoms in total. The van der Waals surface area contributed by atoms with Gasteiger partial charge < -0.3 is 9.84 Å². The first kappa shape index (κ1) is 23.9. The minimum absolute atomic E-state index is 0.235. The number of aromatic hydroxyl groups is 1. The van der Waals surface area contributed by atoms with E-state index in [1.54, 1.807) is 0 Å². The molecule has 4 rings (SSSR count). The number of phenolic OH excluding ortho intramolecular Hbond substituents is 1. The molecule has 2 atom stereocenters. The van der Waals surface area contributed by atoms with Gasteiger partial charge in [-0.25, -0.2) is 0 Å². The van der Waals surface area contributed by atoms with Crippen LogP contribution < -0.4 is 4.74 Å². The van der Waals surface area contributed by atoms with Gasteiger partial charge in [0, 0.05) is 31.1 Å². The lowest BCUT2D eigenvalue weighted by atomic mass is 9.76. The van der Waals surface area contributed by atoms with Crippen molar-refractivity contribution in [3.05, 3.63) is 70.8 Å². The van der Waals surface area contributed by atoms with Gasteiger partial charge in [0.15, 0.2) is 0 Å². The molecule has 0 aliphatic carbocycles. The maximum absolute atomic E-state index is 11.1. The largest absolute Gasteiger partial charge is 0.507 e. The summed E-state index contributed by atoms with van der Waals surface area (Å²) in [5.41, 5.74) is 4.83. The molecule has 2 aliphatic rings. The number of nitrogens with zero attached hydrogens (tertiary/aromatic N) is 1. The molecule has 0 fully saturated rings. The van der Waals surface area contributed by atoms with Gasteiger partial charge in [-0.2, -0.15) is 0 Å². The summed E-state index contributed by atoms with van der Waals surface area (Å²) in [7, 11) is 0. The third-order valence-corrected chi connectivity index (χ3v) is 7.47. The van der Waals surface area contributed by atoms with E-state index in [-0.39, 0.29) is 11.5 Å². The normalized spacial score (nSPS) is 21.1. The van der Waals surface area contributed by atoms with Crippen molar-refractivity contribution in [3.8, 4) is 11.5 Å². The SMILES string of the molecule is CCCCC(C)c1cc(O)c2c(c1)OC(C)(C)CC2C1=CCN(CCc2ccccc2)CC1. The van der Waals surface area contributed by atoms with Crippen LogP contribution >= 0.6 is 0 Å². The molecule has 0 amide bonds. The van der Waals surface area contributed by atoms with Gasteiger partial charge >= 0.3 is 0 Å². The third-order valence-electron chi connectivity index (χ3n) is 7.47. The van der Waals surface area contributed by atoms with Gasteiger partial charge in [-0.1, -0.05) is 68.7 Å². The predicted molar refractivity (Wildman–Crippen MR) is 137 cm³/mol. The van der Waals surface area contributed by atoms with Gasteiger partial charge in [0.1, 0.15) is 17.1 Å². The monoisotopic (exact) mass is 447 g/mol. The third kappa shape index (κ3) is 5.81. The van der Waals surface area contributed by atoms with Crippen molar-refractivity contribution >= 4 is 0 Å². The predicted octanol–water partition coefficient (Wildman–Crippen LogP) is 7.21. The molecule has 2 aliphatic heterocycles. The van der Waals surface area contributed by atoms with Gasteiger partial charge in [-0.05, 0) is 68.7 Å². The molecule has 0 bridgehead atoms. The molecule has 1 N–H and O–H groups in total. The molecule has 2 aromatic rings. The Morgan fingerprint density at radius 2 is 1.97 bits per heavy atom. The van der Waals surface area contributed by atoms with E-state index in [1.807, 2.05) is 6.07 Å². The lowest BCUT2D eigenvalue weighted by Crippen LogP contribution is -2.37. The molecular weight excluding hydrogens is 406 g/mol. The second-order valence-electron chi connectivity index (χ2n) is 10.7. The second-order valence-corrected chi connectivity index (χ2v) is 10.7. The molecule has 2 heterocycles. The van der Waals surface area contributed by atoms with Gasteiger partial charge in [0.25, 0.3) is 0 Å². The van der Waals surface area contributed by atoms with Crippen LogP contribution in [0.3, 0.4) is 0 Å². The van der Waals surface area contributed by atoms with Crippen LogP contribution in [0.15, 0.2) is 54.1 Å². The van der Waals surface area contributed by atoms with Gasteiger partial charge in [0.2, 0.25) is 0 Å². The molecule has 0 aromatic heterocycles. The summed E-state index contributed by atoms with van der Waals surface area (Å²) in [6.45, 7) is 12.0. The van der Waals surface area contributed by atoms with E-state index >= 15 is 0 Å². The van der Waals surface area contributed by atoms with Crippen LogP contribution in [0.25, 0.3) is 0 Å². The number of benzene rings is 2. The standard InChI is InChI=1S/C30H41NO2/c1-5-6-10-22(2)25-19-27(32)29-26(21-30(3,4)33-28(29)20-25)24-14-17-31(18-15-24)16-13-23-11-8-7-9-12-23/h7-9,11-12,14,19-20,22,26,32H,5-6,10,13,15-18,21H2,1-4H3. The number of unbranched alkanes of at least 4 members (excludes halogenated alkanes) is 1. The lowest BCUT2D eigenvalue weighted by Gasteiger charge is -2.41. The minimum atomic E-state index is -0.235. The first-order valence-corrected chi connectivity index (χ1v) is 12.9. The summed E-state index contributed by atoms with van der Waals surface area (Å²) in [6, 6.07) is 15.0. The van der Waals surface area contributed by atoms with E-state index in [2.05, 4.69) is 75.1 Å². The molecular formula is C30H41NO2. The summed E-state index contributed by atoms with van der Waals surface area (Å²) in [5, 5.41) is 11.1. The molecule has 2 aromatic carbocycles. The first-order valence-electron chi connectivity index (χ1n) is 12.9. The Morgan fingerprint density at radius 1 is 1.18 bits per heavy atom. The number of hydrogen-bond donors (Lipinski definition) is 1. The zero-order chi connectivity index (χ0) is 23.4. The topological polar surface area (TPSA) is 32.7 Å². The molecule has 33 heavy (non-hydrogen) atoms. The molecule has 0 saturated heterocycles. The van der Waals surface area contributed by atoms with Crippen molar-refractivity contribution in [3.63, 3.8) is 0 Å². The number of hydrogen-bond acceptors (Lipinski definition) is 3. The molecule has 0 spiro atoms. The molecule has 178 valence electrons. The van der Waals surface area contributed by atoms with Crippen LogP contribution in [-0.4, -0.2) is 35.2 Å². The van der Waals surface area contributed by atoms with Gasteiger partial charge in [-0.15, -0.1) is 0 Å². The Hall–Kier alpha value is -2.26. The summed E-state index contributed by atoms with van der Waals surface area (Å²) in [4.78, 5) is 2.54. The fourth-order valence-electron chi connectivity index (χ4n) is 5.46. The smallest absolute Gasteiger partial charge is 0.127 e. The summed E-state index contributed by atoms with van der Waals surface area (Å²) in [5.74, 6) is 1.97. The molecule has 2 unspecified atom stereocenters. The molecule has 3 heteroatoms. The van der Waals surface area contributed by atoms with E-state index in [4.69, 9.17) is 4.74 Å². The lowest BCUT2D eigenvalue weighted by molar-refractivity contribution is 0.0745. The van der Waals surface area contributed by atoms with Crippen LogP contribution in [0.4, 0.5) is 0 Å². The van der Waals surface area contributed by atoms with Crippen molar-refractivity contribution in [1.82, 2.24) is 4.90 Å². The van der Waals surface area contributed by atoms with Crippen LogP contribution in [0.1, 0.15) is 88.3 Å². The summed E-state index contributed by atoms with van der Waals surface area (Å²) < 4.78 is 6.43. The van der Waals surface area contributed by atoms with Crippen molar-refractivity contribution in [2.45, 2.75) is 83.7 Å². The number of ether oxygens (including phenoxy) is 1. The Morgan fingerprint density at radius 3 is 2.67 bits per heavy atom. The highest BCUT2D eigenvalue weighted by atomic mass is 16.5. The maximum atomic E-state index is 11.1. The van der Waals surface area contributed by atoms with Gasteiger partial charge in [-0.3, -0.25) is 4.90 Å². The fraction of sp³-hybridized carbons (Fsp3) is 0.533. The molecule has 0 saturated carbocycles. The number of phenols is 1. The van der Waals surface area contributed by atoms with E-state index in [9.17, 15) is 5.11 Å². The van der Waals surface area contributed by atoms with Crippen molar-refractivity contribution in [1.29, 1.82) is 0 Å². The van der Waals surface area contributed by atoms with Crippen LogP contribution in [0, 0.1) is 0 Å². The Bertz CT molecular complexity index is 963. The molecule has 0 radical (unpaired) electrons. The Kier molecular flexibility index (Phi) is 7.48. The fourth-order valence-corrected chi connectivity index (χ4v) is 5.46. The highest BCUT2D eigenvalue weighted by Gasteiger charge is 2.38. The van der Waals surface area contributed by atoms with Crippen molar-refractivity contribution in [2.24, 2.45) is 0 Å².